The summed E-state index contributed by atoms with van der Waals surface area (Å²) < 4.78 is 7.31. The third-order valence-corrected chi connectivity index (χ3v) is 5.44. The molecule has 2 aromatic carbocycles. The molecule has 0 aliphatic heterocycles. The van der Waals surface area contributed by atoms with E-state index >= 15 is 0 Å². The van der Waals surface area contributed by atoms with E-state index in [0.29, 0.717) is 21.7 Å². The molecule has 1 N–H and O–H groups in total. The van der Waals surface area contributed by atoms with E-state index in [0.717, 1.165) is 16.8 Å². The van der Waals surface area contributed by atoms with E-state index in [2.05, 4.69) is 29.2 Å². The number of rotatable bonds is 6. The number of aromatic nitrogens is 3. The van der Waals surface area contributed by atoms with Crippen molar-refractivity contribution in [2.24, 2.45) is 0 Å². The normalized spacial score (nSPS) is 11.2. The molecule has 0 fully saturated rings. The number of anilines is 1. The number of halogens is 1. The van der Waals surface area contributed by atoms with Crippen LogP contribution in [0.3, 0.4) is 0 Å². The first kappa shape index (κ1) is 19.4. The summed E-state index contributed by atoms with van der Waals surface area (Å²) in [6, 6.07) is 15.2. The third-order valence-electron chi connectivity index (χ3n) is 4.37. The second kappa shape index (κ2) is 8.23. The van der Waals surface area contributed by atoms with E-state index < -0.39 is 0 Å². The van der Waals surface area contributed by atoms with Gasteiger partial charge >= 0.3 is 0 Å². The molecule has 0 aliphatic carbocycles. The van der Waals surface area contributed by atoms with Crippen molar-refractivity contribution in [2.45, 2.75) is 19.8 Å². The molecule has 0 atom stereocenters. The van der Waals surface area contributed by atoms with Gasteiger partial charge in [0.25, 0.3) is 11.9 Å². The molecule has 0 saturated heterocycles. The zero-order valence-electron chi connectivity index (χ0n) is 15.9. The molecule has 0 bridgehead atoms. The van der Waals surface area contributed by atoms with Crippen LogP contribution in [0, 0.1) is 0 Å². The number of carbonyl (C=O) groups excluding carboxylic acids is 1. The number of ether oxygens (including phenoxy) is 1. The molecule has 1 amide bonds. The van der Waals surface area contributed by atoms with E-state index in [1.807, 2.05) is 53.9 Å². The lowest BCUT2D eigenvalue weighted by Crippen LogP contribution is -2.21. The molecular weight excluding hydrogens is 408 g/mol. The number of fused-ring (bicyclic) bond motifs is 1. The number of thiazole rings is 1. The van der Waals surface area contributed by atoms with E-state index in [4.69, 9.17) is 16.3 Å². The van der Waals surface area contributed by atoms with Crippen LogP contribution in [0.15, 0.2) is 53.9 Å². The predicted octanol–water partition coefficient (Wildman–Crippen LogP) is 5.25. The van der Waals surface area contributed by atoms with Crippen molar-refractivity contribution in [2.75, 3.05) is 11.9 Å². The quantitative estimate of drug-likeness (QED) is 0.457. The lowest BCUT2D eigenvalue weighted by atomic mass is 10.0. The molecule has 0 aliphatic rings. The van der Waals surface area contributed by atoms with Gasteiger partial charge in [0.2, 0.25) is 4.96 Å². The topological polar surface area (TPSA) is 68.5 Å². The molecule has 0 unspecified atom stereocenters. The van der Waals surface area contributed by atoms with E-state index in [1.165, 1.54) is 11.3 Å². The Labute approximate surface area is 177 Å². The first-order chi connectivity index (χ1) is 14.0. The van der Waals surface area contributed by atoms with Crippen molar-refractivity contribution < 1.29 is 9.53 Å². The fourth-order valence-corrected chi connectivity index (χ4v) is 3.78. The number of nitrogens with one attached hydrogen (secondary N) is 1. The Balaban J connectivity index is 1.43. The summed E-state index contributed by atoms with van der Waals surface area (Å²) in [5.41, 5.74) is 3.02. The van der Waals surface area contributed by atoms with Crippen LogP contribution in [-0.2, 0) is 4.79 Å². The Hall–Kier alpha value is -2.90. The van der Waals surface area contributed by atoms with Crippen LogP contribution in [0.2, 0.25) is 5.02 Å². The Morgan fingerprint density at radius 3 is 2.79 bits per heavy atom. The molecule has 0 spiro atoms. The number of nitrogens with zero attached hydrogens (tertiary/aromatic N) is 3. The zero-order chi connectivity index (χ0) is 20.4. The Kier molecular flexibility index (Phi) is 5.51. The molecular formula is C21H19ClN4O2S. The molecule has 0 saturated carbocycles. The van der Waals surface area contributed by atoms with E-state index in [1.54, 1.807) is 4.52 Å². The Bertz CT molecular complexity index is 1150. The van der Waals surface area contributed by atoms with Gasteiger partial charge in [-0.15, -0.1) is 16.4 Å². The summed E-state index contributed by atoms with van der Waals surface area (Å²) in [6.45, 7) is 4.11. The summed E-state index contributed by atoms with van der Waals surface area (Å²) in [7, 11) is 0. The summed E-state index contributed by atoms with van der Waals surface area (Å²) in [4.78, 5) is 17.3. The van der Waals surface area contributed by atoms with Crippen LogP contribution in [0.1, 0.15) is 25.3 Å². The highest BCUT2D eigenvalue weighted by atomic mass is 35.5. The second-order valence-corrected chi connectivity index (χ2v) is 8.09. The highest BCUT2D eigenvalue weighted by Gasteiger charge is 2.14. The van der Waals surface area contributed by atoms with Crippen LogP contribution in [0.4, 0.5) is 5.95 Å². The standard InChI is InChI=1S/C21H19ClN4O2S/c1-13(2)15-4-3-5-17(10-15)28-11-19(27)23-20-24-21-26(25-20)18(12-29-21)14-6-8-16(22)9-7-14/h3-10,12-13H,11H2,1-2H3,(H,23,25,27). The van der Waals surface area contributed by atoms with Crippen molar-refractivity contribution in [1.29, 1.82) is 0 Å². The molecule has 4 rings (SSSR count). The number of carbonyl (C=O) groups is 1. The van der Waals surface area contributed by atoms with Gasteiger partial charge in [-0.2, -0.15) is 4.98 Å². The van der Waals surface area contributed by atoms with Crippen LogP contribution < -0.4 is 10.1 Å². The maximum absolute atomic E-state index is 12.3. The minimum atomic E-state index is -0.314. The fraction of sp³-hybridized carbons (Fsp3) is 0.190. The molecule has 29 heavy (non-hydrogen) atoms. The minimum absolute atomic E-state index is 0.113. The fourth-order valence-electron chi connectivity index (χ4n) is 2.83. The van der Waals surface area contributed by atoms with Crippen molar-refractivity contribution in [3.05, 3.63) is 64.5 Å². The van der Waals surface area contributed by atoms with Crippen LogP contribution in [0.5, 0.6) is 5.75 Å². The van der Waals surface area contributed by atoms with Crippen LogP contribution in [-0.4, -0.2) is 27.1 Å². The minimum Gasteiger partial charge on any atom is -0.484 e. The molecule has 8 heteroatoms. The lowest BCUT2D eigenvalue weighted by Gasteiger charge is -2.09. The van der Waals surface area contributed by atoms with E-state index in [-0.39, 0.29) is 18.5 Å². The first-order valence-corrected chi connectivity index (χ1v) is 10.4. The zero-order valence-corrected chi connectivity index (χ0v) is 17.5. The number of hydrogen-bond donors (Lipinski definition) is 1. The van der Waals surface area contributed by atoms with Gasteiger partial charge in [-0.3, -0.25) is 10.1 Å². The maximum Gasteiger partial charge on any atom is 0.264 e. The number of benzene rings is 2. The van der Waals surface area contributed by atoms with Gasteiger partial charge in [0.1, 0.15) is 5.75 Å². The smallest absolute Gasteiger partial charge is 0.264 e. The summed E-state index contributed by atoms with van der Waals surface area (Å²) in [5.74, 6) is 0.989. The summed E-state index contributed by atoms with van der Waals surface area (Å²) >= 11 is 7.41. The highest BCUT2D eigenvalue weighted by Crippen LogP contribution is 2.27. The monoisotopic (exact) mass is 426 g/mol. The number of hydrogen-bond acceptors (Lipinski definition) is 5. The predicted molar refractivity (Wildman–Crippen MR) is 116 cm³/mol. The Morgan fingerprint density at radius 2 is 2.03 bits per heavy atom. The summed E-state index contributed by atoms with van der Waals surface area (Å²) in [5, 5.41) is 9.73. The van der Waals surface area contributed by atoms with Crippen LogP contribution in [0.25, 0.3) is 16.2 Å². The van der Waals surface area contributed by atoms with Gasteiger partial charge < -0.3 is 4.74 Å². The van der Waals surface area contributed by atoms with Crippen molar-refractivity contribution in [1.82, 2.24) is 14.6 Å². The SMILES string of the molecule is CC(C)c1cccc(OCC(=O)Nc2nc3scc(-c4ccc(Cl)cc4)n3n2)c1. The van der Waals surface area contributed by atoms with Gasteiger partial charge in [-0.1, -0.05) is 49.7 Å². The lowest BCUT2D eigenvalue weighted by molar-refractivity contribution is -0.118. The van der Waals surface area contributed by atoms with Crippen molar-refractivity contribution in [3.63, 3.8) is 0 Å². The molecule has 4 aromatic rings. The highest BCUT2D eigenvalue weighted by molar-refractivity contribution is 7.15. The van der Waals surface area contributed by atoms with Gasteiger partial charge in [-0.25, -0.2) is 4.52 Å². The third kappa shape index (κ3) is 4.41. The van der Waals surface area contributed by atoms with Crippen molar-refractivity contribution >= 4 is 39.8 Å². The van der Waals surface area contributed by atoms with Crippen molar-refractivity contribution in [3.8, 4) is 17.0 Å². The molecule has 148 valence electrons. The average molecular weight is 427 g/mol. The number of amides is 1. The molecule has 6 nitrogen and oxygen atoms in total. The first-order valence-electron chi connectivity index (χ1n) is 9.12. The largest absolute Gasteiger partial charge is 0.484 e. The maximum atomic E-state index is 12.3. The van der Waals surface area contributed by atoms with Crippen LogP contribution >= 0.6 is 22.9 Å². The summed E-state index contributed by atoms with van der Waals surface area (Å²) in [6.07, 6.45) is 0. The average Bonchev–Trinajstić information content (AvgIpc) is 3.27. The van der Waals surface area contributed by atoms with Gasteiger partial charge in [0, 0.05) is 16.0 Å². The van der Waals surface area contributed by atoms with Gasteiger partial charge in [0.05, 0.1) is 5.69 Å². The second-order valence-electron chi connectivity index (χ2n) is 6.82. The van der Waals surface area contributed by atoms with Gasteiger partial charge in [0.15, 0.2) is 6.61 Å². The molecule has 2 heterocycles. The Morgan fingerprint density at radius 1 is 1.24 bits per heavy atom. The molecule has 2 aromatic heterocycles. The van der Waals surface area contributed by atoms with E-state index in [9.17, 15) is 4.79 Å². The molecule has 0 radical (unpaired) electrons. The van der Waals surface area contributed by atoms with Gasteiger partial charge in [-0.05, 0) is 35.7 Å².